The van der Waals surface area contributed by atoms with Crippen LogP contribution in [0.5, 0.6) is 0 Å². The zero-order chi connectivity index (χ0) is 7.49. The molecule has 0 aliphatic carbocycles. The van der Waals surface area contributed by atoms with Gasteiger partial charge < -0.3 is 5.73 Å². The monoisotopic (exact) mass is 147 g/mol. The summed E-state index contributed by atoms with van der Waals surface area (Å²) in [7, 11) is 0. The highest BCUT2D eigenvalue weighted by atomic mass is 32.2. The molecule has 0 rings (SSSR count). The van der Waals surface area contributed by atoms with Gasteiger partial charge in [0, 0.05) is 11.3 Å². The molecule has 0 spiro atoms. The van der Waals surface area contributed by atoms with Crippen molar-refractivity contribution in [3.05, 3.63) is 0 Å². The number of thioether (sulfide) groups is 1. The molecule has 0 radical (unpaired) electrons. The quantitative estimate of drug-likeness (QED) is 0.659. The van der Waals surface area contributed by atoms with Gasteiger partial charge in [0.15, 0.2) is 0 Å². The minimum absolute atomic E-state index is 0.00502. The Balaban J connectivity index is 3.28. The van der Waals surface area contributed by atoms with Crippen LogP contribution in [0.25, 0.3) is 0 Å². The maximum absolute atomic E-state index is 5.76. The first-order chi connectivity index (χ1) is 3.92. The molecule has 0 saturated heterocycles. The average Bonchev–Trinajstić information content (AvgIpc) is 1.59. The molecule has 0 saturated carbocycles. The molecule has 0 unspecified atom stereocenters. The molecule has 0 aliphatic rings. The van der Waals surface area contributed by atoms with E-state index in [2.05, 4.69) is 27.7 Å². The molecule has 0 aliphatic heterocycles. The minimum atomic E-state index is -0.00502. The summed E-state index contributed by atoms with van der Waals surface area (Å²) in [5, 5.41) is 0.702. The van der Waals surface area contributed by atoms with Crippen LogP contribution in [0.4, 0.5) is 0 Å². The van der Waals surface area contributed by atoms with Gasteiger partial charge in [-0.25, -0.2) is 0 Å². The maximum Gasteiger partial charge on any atom is 0.0188 e. The minimum Gasteiger partial charge on any atom is -0.325 e. The number of hydrogen-bond acceptors (Lipinski definition) is 2. The second kappa shape index (κ2) is 3.47. The number of nitrogens with two attached hydrogens (primary N) is 1. The van der Waals surface area contributed by atoms with E-state index in [0.717, 1.165) is 5.75 Å². The highest BCUT2D eigenvalue weighted by Crippen LogP contribution is 2.14. The van der Waals surface area contributed by atoms with Crippen molar-refractivity contribution in [2.75, 3.05) is 5.75 Å². The predicted octanol–water partition coefficient (Wildman–Crippen LogP) is 1.87. The molecule has 2 heteroatoms. The zero-order valence-electron chi connectivity index (χ0n) is 6.77. The molecule has 0 aromatic rings. The van der Waals surface area contributed by atoms with Crippen molar-refractivity contribution in [2.45, 2.75) is 38.5 Å². The summed E-state index contributed by atoms with van der Waals surface area (Å²) < 4.78 is 0. The molecular weight excluding hydrogens is 130 g/mol. The first-order valence-electron chi connectivity index (χ1n) is 3.32. The van der Waals surface area contributed by atoms with Crippen LogP contribution in [0.1, 0.15) is 27.7 Å². The van der Waals surface area contributed by atoms with Crippen LogP contribution < -0.4 is 5.73 Å². The number of rotatable bonds is 3. The van der Waals surface area contributed by atoms with Crippen molar-refractivity contribution in [1.82, 2.24) is 0 Å². The van der Waals surface area contributed by atoms with Crippen LogP contribution in [-0.2, 0) is 0 Å². The van der Waals surface area contributed by atoms with Gasteiger partial charge in [-0.15, -0.1) is 0 Å². The molecule has 56 valence electrons. The summed E-state index contributed by atoms with van der Waals surface area (Å²) in [6.07, 6.45) is 0. The molecule has 0 bridgehead atoms. The molecule has 0 aromatic heterocycles. The van der Waals surface area contributed by atoms with Gasteiger partial charge in [-0.3, -0.25) is 0 Å². The van der Waals surface area contributed by atoms with Gasteiger partial charge >= 0.3 is 0 Å². The topological polar surface area (TPSA) is 26.0 Å². The Morgan fingerprint density at radius 2 is 1.89 bits per heavy atom. The second-order valence-electron chi connectivity index (χ2n) is 3.35. The molecule has 1 nitrogen and oxygen atoms in total. The molecule has 0 atom stereocenters. The summed E-state index contributed by atoms with van der Waals surface area (Å²) in [6.45, 7) is 8.50. The van der Waals surface area contributed by atoms with E-state index in [1.807, 2.05) is 11.8 Å². The Bertz CT molecular complexity index is 73.5. The van der Waals surface area contributed by atoms with Crippen molar-refractivity contribution in [2.24, 2.45) is 5.73 Å². The molecule has 2 N–H and O–H groups in total. The first kappa shape index (κ1) is 9.31. The molecule has 0 amide bonds. The van der Waals surface area contributed by atoms with Gasteiger partial charge in [-0.05, 0) is 19.1 Å². The zero-order valence-corrected chi connectivity index (χ0v) is 7.59. The van der Waals surface area contributed by atoms with Crippen molar-refractivity contribution in [3.8, 4) is 0 Å². The summed E-state index contributed by atoms with van der Waals surface area (Å²) in [6, 6.07) is 0. The van der Waals surface area contributed by atoms with Crippen LogP contribution in [0, 0.1) is 0 Å². The summed E-state index contributed by atoms with van der Waals surface area (Å²) >= 11 is 1.91. The molecule has 9 heavy (non-hydrogen) atoms. The van der Waals surface area contributed by atoms with Crippen molar-refractivity contribution in [3.63, 3.8) is 0 Å². The number of hydrogen-bond donors (Lipinski definition) is 1. The lowest BCUT2D eigenvalue weighted by atomic mass is 10.1. The third-order valence-electron chi connectivity index (χ3n) is 0.789. The van der Waals surface area contributed by atoms with Crippen molar-refractivity contribution in [1.29, 1.82) is 0 Å². The van der Waals surface area contributed by atoms with E-state index in [9.17, 15) is 0 Å². The Labute approximate surface area is 62.4 Å². The SMILES string of the molecule is CC(C)SCC(C)(C)N. The van der Waals surface area contributed by atoms with Crippen LogP contribution in [0.3, 0.4) is 0 Å². The van der Waals surface area contributed by atoms with E-state index in [1.54, 1.807) is 0 Å². The molecule has 0 aromatic carbocycles. The van der Waals surface area contributed by atoms with Crippen molar-refractivity contribution < 1.29 is 0 Å². The smallest absolute Gasteiger partial charge is 0.0188 e. The van der Waals surface area contributed by atoms with E-state index < -0.39 is 0 Å². The maximum atomic E-state index is 5.76. The summed E-state index contributed by atoms with van der Waals surface area (Å²) in [5.74, 6) is 1.05. The van der Waals surface area contributed by atoms with Gasteiger partial charge in [0.2, 0.25) is 0 Å². The fourth-order valence-corrected chi connectivity index (χ4v) is 1.14. The Morgan fingerprint density at radius 3 is 2.00 bits per heavy atom. The molecule has 0 fully saturated rings. The second-order valence-corrected chi connectivity index (χ2v) is 4.91. The van der Waals surface area contributed by atoms with Gasteiger partial charge in [-0.1, -0.05) is 13.8 Å². The lowest BCUT2D eigenvalue weighted by Gasteiger charge is -2.18. The highest BCUT2D eigenvalue weighted by Gasteiger charge is 2.10. The fourth-order valence-electron chi connectivity index (χ4n) is 0.381. The van der Waals surface area contributed by atoms with Crippen LogP contribution in [0.15, 0.2) is 0 Å². The standard InChI is InChI=1S/C7H17NS/c1-6(2)9-5-7(3,4)8/h6H,5,8H2,1-4H3. The Hall–Kier alpha value is 0.310. The Morgan fingerprint density at radius 1 is 1.44 bits per heavy atom. The van der Waals surface area contributed by atoms with E-state index in [-0.39, 0.29) is 5.54 Å². The van der Waals surface area contributed by atoms with Crippen LogP contribution in [-0.4, -0.2) is 16.5 Å². The predicted molar refractivity (Wildman–Crippen MR) is 45.9 cm³/mol. The van der Waals surface area contributed by atoms with Gasteiger partial charge in [-0.2, -0.15) is 11.8 Å². The largest absolute Gasteiger partial charge is 0.325 e. The normalized spacial score (nSPS) is 12.7. The van der Waals surface area contributed by atoms with Crippen LogP contribution >= 0.6 is 11.8 Å². The molecular formula is C7H17NS. The summed E-state index contributed by atoms with van der Waals surface area (Å²) in [4.78, 5) is 0. The van der Waals surface area contributed by atoms with E-state index in [4.69, 9.17) is 5.73 Å². The molecule has 0 heterocycles. The van der Waals surface area contributed by atoms with Crippen LogP contribution in [0.2, 0.25) is 0 Å². The van der Waals surface area contributed by atoms with E-state index in [0.29, 0.717) is 5.25 Å². The van der Waals surface area contributed by atoms with Gasteiger partial charge in [0.05, 0.1) is 0 Å². The third kappa shape index (κ3) is 8.31. The highest BCUT2D eigenvalue weighted by molar-refractivity contribution is 7.99. The van der Waals surface area contributed by atoms with Gasteiger partial charge in [0.1, 0.15) is 0 Å². The lowest BCUT2D eigenvalue weighted by Crippen LogP contribution is -2.35. The summed E-state index contributed by atoms with van der Waals surface area (Å²) in [5.41, 5.74) is 5.76. The van der Waals surface area contributed by atoms with E-state index >= 15 is 0 Å². The third-order valence-corrected chi connectivity index (χ3v) is 2.37. The first-order valence-corrected chi connectivity index (χ1v) is 4.37. The lowest BCUT2D eigenvalue weighted by molar-refractivity contribution is 0.590. The fraction of sp³-hybridized carbons (Fsp3) is 1.00. The van der Waals surface area contributed by atoms with Crippen molar-refractivity contribution >= 4 is 11.8 Å². The average molecular weight is 147 g/mol. The van der Waals surface area contributed by atoms with E-state index in [1.165, 1.54) is 0 Å². The Kier molecular flexibility index (Phi) is 3.59. The van der Waals surface area contributed by atoms with Gasteiger partial charge in [0.25, 0.3) is 0 Å².